The van der Waals surface area contributed by atoms with E-state index in [1.807, 2.05) is 0 Å². The van der Waals surface area contributed by atoms with E-state index in [0.717, 1.165) is 25.7 Å². The summed E-state index contributed by atoms with van der Waals surface area (Å²) in [7, 11) is 0. The van der Waals surface area contributed by atoms with E-state index in [-0.39, 0.29) is 11.5 Å². The van der Waals surface area contributed by atoms with Crippen molar-refractivity contribution in [3.63, 3.8) is 0 Å². The quantitative estimate of drug-likeness (QED) is 0.392. The van der Waals surface area contributed by atoms with Gasteiger partial charge in [0.05, 0.1) is 11.5 Å². The average Bonchev–Trinajstić information content (AvgIpc) is 1.88. The molecule has 0 amide bonds. The van der Waals surface area contributed by atoms with Crippen molar-refractivity contribution in [2.24, 2.45) is 11.7 Å². The third-order valence-electron chi connectivity index (χ3n) is 2.22. The van der Waals surface area contributed by atoms with Gasteiger partial charge in [-0.05, 0) is 31.6 Å². The van der Waals surface area contributed by atoms with Gasteiger partial charge in [-0.1, -0.05) is 0 Å². The summed E-state index contributed by atoms with van der Waals surface area (Å²) in [4.78, 5) is 0. The van der Waals surface area contributed by atoms with Crippen molar-refractivity contribution in [2.75, 3.05) is 0 Å². The van der Waals surface area contributed by atoms with Gasteiger partial charge >= 0.3 is 0 Å². The molecular formula is C7H15NOS. The molecule has 0 aliphatic heterocycles. The Bertz CT molecular complexity index is 99.8. The fraction of sp³-hybridized carbons (Fsp3) is 1.00. The molecule has 1 atom stereocenters. The lowest BCUT2D eigenvalue weighted by atomic mass is 9.87. The van der Waals surface area contributed by atoms with E-state index in [0.29, 0.717) is 5.92 Å². The van der Waals surface area contributed by atoms with E-state index in [2.05, 4.69) is 12.6 Å². The Balaban J connectivity index is 2.26. The van der Waals surface area contributed by atoms with Crippen molar-refractivity contribution in [3.05, 3.63) is 0 Å². The van der Waals surface area contributed by atoms with Gasteiger partial charge in [-0.3, -0.25) is 0 Å². The summed E-state index contributed by atoms with van der Waals surface area (Å²) < 4.78 is 0. The molecule has 1 rings (SSSR count). The van der Waals surface area contributed by atoms with Gasteiger partial charge in [-0.25, -0.2) is 0 Å². The maximum absolute atomic E-state index is 9.14. The van der Waals surface area contributed by atoms with Gasteiger partial charge < -0.3 is 10.8 Å². The molecule has 3 N–H and O–H groups in total. The van der Waals surface area contributed by atoms with E-state index >= 15 is 0 Å². The second-order valence-electron chi connectivity index (χ2n) is 3.06. The number of thiol groups is 1. The van der Waals surface area contributed by atoms with Crippen LogP contribution in [0.3, 0.4) is 0 Å². The molecule has 0 spiro atoms. The largest absolute Gasteiger partial charge is 0.393 e. The fourth-order valence-corrected chi connectivity index (χ4v) is 1.74. The zero-order chi connectivity index (χ0) is 7.56. The minimum absolute atomic E-state index is 0.00694. The number of hydrogen-bond donors (Lipinski definition) is 3. The van der Waals surface area contributed by atoms with Gasteiger partial charge in [-0.2, -0.15) is 12.6 Å². The van der Waals surface area contributed by atoms with Crippen LogP contribution in [0.15, 0.2) is 0 Å². The lowest BCUT2D eigenvalue weighted by Crippen LogP contribution is -2.29. The van der Waals surface area contributed by atoms with Crippen LogP contribution in [0.2, 0.25) is 0 Å². The Morgan fingerprint density at radius 3 is 2.20 bits per heavy atom. The Morgan fingerprint density at radius 2 is 1.80 bits per heavy atom. The lowest BCUT2D eigenvalue weighted by Gasteiger charge is -2.27. The third kappa shape index (κ3) is 2.15. The highest BCUT2D eigenvalue weighted by atomic mass is 32.1. The van der Waals surface area contributed by atoms with E-state index in [9.17, 15) is 0 Å². The molecule has 0 aromatic heterocycles. The molecule has 10 heavy (non-hydrogen) atoms. The average molecular weight is 161 g/mol. The van der Waals surface area contributed by atoms with Crippen LogP contribution in [0.4, 0.5) is 0 Å². The van der Waals surface area contributed by atoms with Crippen LogP contribution in [0.1, 0.15) is 25.7 Å². The molecular weight excluding hydrogens is 146 g/mol. The molecule has 0 heterocycles. The van der Waals surface area contributed by atoms with Gasteiger partial charge in [0.2, 0.25) is 0 Å². The molecule has 1 unspecified atom stereocenters. The molecule has 0 aromatic rings. The van der Waals surface area contributed by atoms with E-state index in [4.69, 9.17) is 10.8 Å². The molecule has 60 valence electrons. The summed E-state index contributed by atoms with van der Waals surface area (Å²) in [6, 6.07) is 0. The molecule has 1 aliphatic rings. The number of rotatable bonds is 1. The monoisotopic (exact) mass is 161 g/mol. The number of aliphatic hydroxyl groups excluding tert-OH is 1. The Morgan fingerprint density at radius 1 is 1.30 bits per heavy atom. The highest BCUT2D eigenvalue weighted by molar-refractivity contribution is 7.80. The molecule has 2 nitrogen and oxygen atoms in total. The van der Waals surface area contributed by atoms with Crippen molar-refractivity contribution >= 4 is 12.6 Å². The van der Waals surface area contributed by atoms with Gasteiger partial charge in [0.25, 0.3) is 0 Å². The summed E-state index contributed by atoms with van der Waals surface area (Å²) in [6.07, 6.45) is 3.79. The Hall–Kier alpha value is 0.270. The first-order chi connectivity index (χ1) is 4.70. The topological polar surface area (TPSA) is 46.2 Å². The van der Waals surface area contributed by atoms with Gasteiger partial charge in [0.1, 0.15) is 0 Å². The summed E-state index contributed by atoms with van der Waals surface area (Å²) in [5.74, 6) is 0.520. The van der Waals surface area contributed by atoms with Crippen molar-refractivity contribution < 1.29 is 5.11 Å². The smallest absolute Gasteiger partial charge is 0.0540 e. The minimum Gasteiger partial charge on any atom is -0.393 e. The van der Waals surface area contributed by atoms with Gasteiger partial charge in [0.15, 0.2) is 0 Å². The molecule has 1 aliphatic carbocycles. The minimum atomic E-state index is -0.0802. The van der Waals surface area contributed by atoms with Gasteiger partial charge in [0, 0.05) is 0 Å². The normalized spacial score (nSPS) is 37.5. The van der Waals surface area contributed by atoms with Crippen molar-refractivity contribution in [3.8, 4) is 0 Å². The van der Waals surface area contributed by atoms with Crippen molar-refractivity contribution in [1.82, 2.24) is 0 Å². The maximum atomic E-state index is 9.14. The van der Waals surface area contributed by atoms with Crippen molar-refractivity contribution in [2.45, 2.75) is 37.2 Å². The first-order valence-electron chi connectivity index (χ1n) is 3.82. The van der Waals surface area contributed by atoms with Crippen LogP contribution in [-0.4, -0.2) is 16.6 Å². The second kappa shape index (κ2) is 3.60. The van der Waals surface area contributed by atoms with Gasteiger partial charge in [-0.15, -0.1) is 0 Å². The highest BCUT2D eigenvalue weighted by Gasteiger charge is 2.21. The molecule has 0 bridgehead atoms. The molecule has 1 saturated carbocycles. The molecule has 3 heteroatoms. The first-order valence-corrected chi connectivity index (χ1v) is 4.33. The van der Waals surface area contributed by atoms with E-state index < -0.39 is 0 Å². The Kier molecular flexibility index (Phi) is 3.01. The molecule has 1 fully saturated rings. The van der Waals surface area contributed by atoms with Crippen LogP contribution in [0, 0.1) is 5.92 Å². The maximum Gasteiger partial charge on any atom is 0.0540 e. The predicted octanol–water partition coefficient (Wildman–Crippen LogP) is 0.752. The summed E-state index contributed by atoms with van der Waals surface area (Å²) in [5.41, 5.74) is 5.60. The van der Waals surface area contributed by atoms with Crippen molar-refractivity contribution in [1.29, 1.82) is 0 Å². The SMILES string of the molecule is NC(S)C1CCC(O)CC1. The summed E-state index contributed by atoms with van der Waals surface area (Å²) in [5, 5.41) is 9.15. The highest BCUT2D eigenvalue weighted by Crippen LogP contribution is 2.26. The van der Waals surface area contributed by atoms with Crippen LogP contribution < -0.4 is 5.73 Å². The second-order valence-corrected chi connectivity index (χ2v) is 3.66. The molecule has 0 saturated heterocycles. The number of nitrogens with two attached hydrogens (primary N) is 1. The molecule has 0 aromatic carbocycles. The zero-order valence-electron chi connectivity index (χ0n) is 6.03. The van der Waals surface area contributed by atoms with Crippen LogP contribution in [-0.2, 0) is 0 Å². The lowest BCUT2D eigenvalue weighted by molar-refractivity contribution is 0.108. The number of hydrogen-bond acceptors (Lipinski definition) is 3. The van der Waals surface area contributed by atoms with Crippen LogP contribution in [0.5, 0.6) is 0 Å². The standard InChI is InChI=1S/C7H15NOS/c8-7(10)5-1-3-6(9)4-2-5/h5-7,9-10H,1-4,8H2. The molecule has 0 radical (unpaired) electrons. The summed E-state index contributed by atoms with van der Waals surface area (Å²) in [6.45, 7) is 0. The third-order valence-corrected chi connectivity index (χ3v) is 2.65. The van der Waals surface area contributed by atoms with E-state index in [1.54, 1.807) is 0 Å². The first kappa shape index (κ1) is 8.37. The zero-order valence-corrected chi connectivity index (χ0v) is 6.93. The van der Waals surface area contributed by atoms with Crippen LogP contribution in [0.25, 0.3) is 0 Å². The Labute approximate surface area is 67.2 Å². The predicted molar refractivity (Wildman–Crippen MR) is 44.9 cm³/mol. The summed E-state index contributed by atoms with van der Waals surface area (Å²) >= 11 is 4.17. The number of aliphatic hydroxyl groups is 1. The van der Waals surface area contributed by atoms with E-state index in [1.165, 1.54) is 0 Å². The fourth-order valence-electron chi connectivity index (χ4n) is 1.44. The van der Waals surface area contributed by atoms with Crippen LogP contribution >= 0.6 is 12.6 Å².